The van der Waals surface area contributed by atoms with E-state index in [4.69, 9.17) is 64.0 Å². The second-order valence-electron chi connectivity index (χ2n) is 2.86. The molecule has 0 aliphatic heterocycles. The average Bonchev–Trinajstić information content (AvgIpc) is 2.52. The Balaban J connectivity index is -0.0000000207. The van der Waals surface area contributed by atoms with E-state index >= 15 is 0 Å². The molecule has 0 saturated heterocycles. The van der Waals surface area contributed by atoms with Crippen LogP contribution < -0.4 is 0 Å². The summed E-state index contributed by atoms with van der Waals surface area (Å²) in [4.78, 5) is 3.74. The van der Waals surface area contributed by atoms with Crippen LogP contribution in [-0.4, -0.2) is 172 Å². The molecular weight excluding hydrogens is 1230 g/mol. The topological polar surface area (TPSA) is 382 Å². The SMILES string of the molecule is F.F.F.F.F.F.N#Cc1ccncc1.[O]=[Sb]([OH])[OH].[O]=[Sb]([OH])[OH].[O]=[Sb]([OH])[OH].[O]=[Sb]([OH])[OH].[O]=[Sb]([OH])[OH].[O]=[Sb]([OH])[OH]. The fourth-order valence-corrected chi connectivity index (χ4v) is 0.426. The van der Waals surface area contributed by atoms with Gasteiger partial charge in [-0.3, -0.25) is 33.2 Å². The van der Waals surface area contributed by atoms with Crippen molar-refractivity contribution < 1.29 is 87.0 Å². The summed E-state index contributed by atoms with van der Waals surface area (Å²) in [5.41, 5.74) is 0.653. The van der Waals surface area contributed by atoms with Gasteiger partial charge in [0, 0.05) is 12.4 Å². The molecule has 1 heterocycles. The van der Waals surface area contributed by atoms with Gasteiger partial charge in [0.05, 0.1) is 11.6 Å². The number of nitrogens with zero attached hydrogens (tertiary/aromatic N) is 2. The first-order chi connectivity index (χ1) is 14.3. The van der Waals surface area contributed by atoms with Gasteiger partial charge in [-0.15, -0.1) is 0 Å². The molecule has 1 aromatic rings. The fourth-order valence-electron chi connectivity index (χ4n) is 0.426. The Bertz CT molecular complexity index is 617. The van der Waals surface area contributed by atoms with E-state index in [2.05, 4.69) is 4.98 Å². The fraction of sp³-hybridized carbons (Fsp3) is 0. The Hall–Kier alpha value is 1.45. The molecule has 12 N–H and O–H groups in total. The van der Waals surface area contributed by atoms with Gasteiger partial charge >= 0.3 is 185 Å². The molecule has 0 aromatic carbocycles. The number of hydrogen-bond acceptors (Lipinski definition) is 8. The molecule has 1 aromatic heterocycles. The number of nitriles is 1. The Kier molecular flexibility index (Phi) is 136. The molecule has 32 heteroatoms. The van der Waals surface area contributed by atoms with E-state index in [0.29, 0.717) is 5.56 Å². The van der Waals surface area contributed by atoms with Gasteiger partial charge in [-0.05, 0) is 12.1 Å². The summed E-state index contributed by atoms with van der Waals surface area (Å²) in [5.74, 6) is 0. The number of halogens is 6. The van der Waals surface area contributed by atoms with E-state index in [1.165, 1.54) is 0 Å². The minimum absolute atomic E-state index is 0. The summed E-state index contributed by atoms with van der Waals surface area (Å²) in [6, 6.07) is 5.32. The van der Waals surface area contributed by atoms with Gasteiger partial charge in [-0.25, -0.2) is 0 Å². The van der Waals surface area contributed by atoms with Crippen LogP contribution in [0.15, 0.2) is 24.5 Å². The quantitative estimate of drug-likeness (QED) is 0.0848. The zero-order valence-electron chi connectivity index (χ0n) is 17.2. The number of aromatic nitrogens is 1. The Morgan fingerprint density at radius 2 is 0.605 bits per heavy atom. The summed E-state index contributed by atoms with van der Waals surface area (Å²) in [6.07, 6.45) is 3.19. The van der Waals surface area contributed by atoms with Crippen molar-refractivity contribution in [2.75, 3.05) is 0 Å². The number of pyridine rings is 1. The van der Waals surface area contributed by atoms with E-state index in [9.17, 15) is 0 Å². The number of hydrogen-bond donors (Lipinski definition) is 12. The predicted octanol–water partition coefficient (Wildman–Crippen LogP) is -7.81. The molecule has 0 aliphatic rings. The Morgan fingerprint density at radius 3 is 0.684 bits per heavy atom. The second-order valence-corrected chi connectivity index (χ2v) is 11.5. The molecule has 0 bridgehead atoms. The summed E-state index contributed by atoms with van der Waals surface area (Å²) in [7, 11) is 0. The molecule has 0 amide bonds. The van der Waals surface area contributed by atoms with Crippen molar-refractivity contribution in [3.05, 3.63) is 30.1 Å². The van der Waals surface area contributed by atoms with Crippen molar-refractivity contribution in [2.24, 2.45) is 0 Å². The van der Waals surface area contributed by atoms with Crippen molar-refractivity contribution in [1.29, 1.82) is 5.26 Å². The molecule has 38 heavy (non-hydrogen) atoms. The predicted molar refractivity (Wildman–Crippen MR) is 109 cm³/mol. The monoisotopic (exact) mass is 1250 g/mol. The van der Waals surface area contributed by atoms with Crippen molar-refractivity contribution in [2.45, 2.75) is 0 Å². The molecule has 0 spiro atoms. The molecule has 236 valence electrons. The van der Waals surface area contributed by atoms with Crippen LogP contribution in [0.1, 0.15) is 5.56 Å². The minimum atomic E-state index is -3.70. The molecule has 1 rings (SSSR count). The van der Waals surface area contributed by atoms with Gasteiger partial charge in [-0.1, -0.05) is 0 Å². The summed E-state index contributed by atoms with van der Waals surface area (Å²) < 4.78 is 140. The van der Waals surface area contributed by atoms with Gasteiger partial charge < -0.3 is 0 Å². The van der Waals surface area contributed by atoms with E-state index < -0.39 is 126 Å². The molecule has 20 nitrogen and oxygen atoms in total. The first kappa shape index (κ1) is 77.4. The molecule has 0 unspecified atom stereocenters. The molecule has 0 saturated carbocycles. The van der Waals surface area contributed by atoms with Crippen LogP contribution in [0.5, 0.6) is 0 Å². The standard InChI is InChI=1S/C6H4N2.6FH.12H2O.6O.6Sb/c7-5-6-1-3-8-4-2-6;;;;;;;;;;;;;;;;;;;;;;;;;;;;;;/h1-4H;6*1H;12*1H2;;;;;;;;;;;;/q;;;;;;;;;;;;;;;;;;;;;;;;;6*+2/p-12. The second kappa shape index (κ2) is 66.6. The Labute approximate surface area is 256 Å². The zero-order valence-corrected chi connectivity index (χ0v) is 32.5. The van der Waals surface area contributed by atoms with Gasteiger partial charge in [0.25, 0.3) is 0 Å². The third kappa shape index (κ3) is 380. The van der Waals surface area contributed by atoms with E-state index in [-0.39, 0.29) is 28.2 Å². The van der Waals surface area contributed by atoms with E-state index in [0.717, 1.165) is 0 Å². The van der Waals surface area contributed by atoms with E-state index in [1.54, 1.807) is 24.5 Å². The van der Waals surface area contributed by atoms with Crippen LogP contribution in [0.25, 0.3) is 0 Å². The Morgan fingerprint density at radius 1 is 0.474 bits per heavy atom. The van der Waals surface area contributed by atoms with Crippen LogP contribution in [-0.2, 0) is 18.1 Å². The van der Waals surface area contributed by atoms with Gasteiger partial charge in [0.2, 0.25) is 0 Å². The van der Waals surface area contributed by atoms with Crippen molar-refractivity contribution in [3.63, 3.8) is 0 Å². The van der Waals surface area contributed by atoms with Gasteiger partial charge in [-0.2, -0.15) is 5.26 Å². The molecule has 0 fully saturated rings. The third-order valence-electron chi connectivity index (χ3n) is 0.809. The zero-order chi connectivity index (χ0) is 27.3. The molecule has 6 radical (unpaired) electrons. The average molecular weight is 1250 g/mol. The first-order valence-corrected chi connectivity index (χ1v) is 25.7. The maximum absolute atomic E-state index is 8.82. The van der Waals surface area contributed by atoms with Crippen molar-refractivity contribution >= 4 is 126 Å². The maximum atomic E-state index is 8.82. The van der Waals surface area contributed by atoms with Crippen LogP contribution in [0, 0.1) is 11.3 Å². The summed E-state index contributed by atoms with van der Waals surface area (Å²) in [6.45, 7) is 0. The summed E-state index contributed by atoms with van der Waals surface area (Å²) >= 11 is -22.2. The van der Waals surface area contributed by atoms with Crippen LogP contribution >= 0.6 is 0 Å². The van der Waals surface area contributed by atoms with Gasteiger partial charge in [0.15, 0.2) is 0 Å². The van der Waals surface area contributed by atoms with Crippen molar-refractivity contribution in [3.8, 4) is 6.07 Å². The van der Waals surface area contributed by atoms with Crippen LogP contribution in [0.2, 0.25) is 0 Å². The number of rotatable bonds is 0. The molecule has 0 atom stereocenters. The van der Waals surface area contributed by atoms with Crippen LogP contribution in [0.3, 0.4) is 0 Å². The van der Waals surface area contributed by atoms with Crippen LogP contribution in [0.4, 0.5) is 28.2 Å². The van der Waals surface area contributed by atoms with Crippen molar-refractivity contribution in [1.82, 2.24) is 4.98 Å². The van der Waals surface area contributed by atoms with E-state index in [1.807, 2.05) is 6.07 Å². The first-order valence-electron chi connectivity index (χ1n) is 5.73. The molecular formula is C6H22F6N2O18Sb6. The van der Waals surface area contributed by atoms with Gasteiger partial charge in [0.1, 0.15) is 0 Å². The third-order valence-corrected chi connectivity index (χ3v) is 0.809. The molecule has 0 aliphatic carbocycles. The summed E-state index contributed by atoms with van der Waals surface area (Å²) in [5, 5.41) is 8.26. The normalized spacial score (nSPS) is 5.76.